The predicted octanol–water partition coefficient (Wildman–Crippen LogP) is 4.08. The van der Waals surface area contributed by atoms with Gasteiger partial charge in [0.2, 0.25) is 5.91 Å². The summed E-state index contributed by atoms with van der Waals surface area (Å²) >= 11 is 0. The van der Waals surface area contributed by atoms with Crippen molar-refractivity contribution in [3.8, 4) is 5.75 Å². The third-order valence-corrected chi connectivity index (χ3v) is 4.90. The molecule has 1 saturated heterocycles. The molecule has 0 bridgehead atoms. The summed E-state index contributed by atoms with van der Waals surface area (Å²) in [4.78, 5) is 26.7. The van der Waals surface area contributed by atoms with Gasteiger partial charge in [-0.1, -0.05) is 12.1 Å². The second-order valence-electron chi connectivity index (χ2n) is 6.59. The zero-order valence-electron chi connectivity index (χ0n) is 15.5. The van der Waals surface area contributed by atoms with Crippen LogP contribution in [0, 0.1) is 13.8 Å². The van der Waals surface area contributed by atoms with Gasteiger partial charge in [-0.15, -0.1) is 0 Å². The average Bonchev–Trinajstić information content (AvgIpc) is 2.64. The van der Waals surface area contributed by atoms with E-state index in [9.17, 15) is 9.59 Å². The largest absolute Gasteiger partial charge is 0.495 e. The van der Waals surface area contributed by atoms with Crippen molar-refractivity contribution in [2.75, 3.05) is 23.9 Å². The topological polar surface area (TPSA) is 58.6 Å². The molecule has 3 rings (SSSR count). The number of benzene rings is 2. The van der Waals surface area contributed by atoms with E-state index in [-0.39, 0.29) is 11.8 Å². The van der Waals surface area contributed by atoms with Crippen LogP contribution in [0.25, 0.3) is 0 Å². The minimum atomic E-state index is -0.160. The number of methoxy groups -OCH3 is 1. The lowest BCUT2D eigenvalue weighted by Gasteiger charge is -2.28. The van der Waals surface area contributed by atoms with Crippen LogP contribution >= 0.6 is 0 Å². The highest BCUT2D eigenvalue weighted by Gasteiger charge is 2.23. The van der Waals surface area contributed by atoms with E-state index in [1.54, 1.807) is 24.1 Å². The van der Waals surface area contributed by atoms with E-state index in [4.69, 9.17) is 4.74 Å². The Morgan fingerprint density at radius 3 is 2.69 bits per heavy atom. The molecule has 0 atom stereocenters. The summed E-state index contributed by atoms with van der Waals surface area (Å²) in [6, 6.07) is 11.1. The summed E-state index contributed by atoms with van der Waals surface area (Å²) in [5.41, 5.74) is 4.04. The number of carbonyl (C=O) groups excluding carboxylic acids is 2. The predicted molar refractivity (Wildman–Crippen MR) is 103 cm³/mol. The maximum absolute atomic E-state index is 12.7. The molecule has 0 spiro atoms. The number of hydrogen-bond donors (Lipinski definition) is 1. The van der Waals surface area contributed by atoms with E-state index in [0.29, 0.717) is 35.7 Å². The SMILES string of the molecule is COc1ccc(NC(=O)c2cccc(C)c2C)cc1N1CCCCC1=O. The fourth-order valence-corrected chi connectivity index (χ4v) is 3.23. The average molecular weight is 352 g/mol. The summed E-state index contributed by atoms with van der Waals surface area (Å²) in [5.74, 6) is 0.560. The highest BCUT2D eigenvalue weighted by atomic mass is 16.5. The van der Waals surface area contributed by atoms with Gasteiger partial charge in [0.1, 0.15) is 5.75 Å². The lowest BCUT2D eigenvalue weighted by atomic mass is 10.0. The molecule has 1 aliphatic heterocycles. The molecule has 2 amide bonds. The first-order valence-electron chi connectivity index (χ1n) is 8.87. The monoisotopic (exact) mass is 352 g/mol. The van der Waals surface area contributed by atoms with E-state index in [2.05, 4.69) is 5.32 Å². The van der Waals surface area contributed by atoms with Crippen molar-refractivity contribution in [2.24, 2.45) is 0 Å². The first kappa shape index (κ1) is 18.0. The maximum atomic E-state index is 12.7. The molecule has 1 heterocycles. The zero-order valence-corrected chi connectivity index (χ0v) is 15.5. The first-order valence-corrected chi connectivity index (χ1v) is 8.87. The van der Waals surface area contributed by atoms with Gasteiger partial charge in [0.05, 0.1) is 12.8 Å². The fraction of sp³-hybridized carbons (Fsp3) is 0.333. The molecule has 2 aromatic rings. The number of hydrogen-bond acceptors (Lipinski definition) is 3. The van der Waals surface area contributed by atoms with Crippen molar-refractivity contribution in [1.82, 2.24) is 0 Å². The summed E-state index contributed by atoms with van der Waals surface area (Å²) in [6.07, 6.45) is 2.43. The second kappa shape index (κ2) is 7.60. The van der Waals surface area contributed by atoms with Crippen molar-refractivity contribution in [3.05, 3.63) is 53.1 Å². The number of amides is 2. The Morgan fingerprint density at radius 2 is 1.96 bits per heavy atom. The Labute approximate surface area is 154 Å². The molecule has 26 heavy (non-hydrogen) atoms. The Bertz CT molecular complexity index is 845. The van der Waals surface area contributed by atoms with Crippen molar-refractivity contribution < 1.29 is 14.3 Å². The van der Waals surface area contributed by atoms with Crippen molar-refractivity contribution >= 4 is 23.2 Å². The van der Waals surface area contributed by atoms with Crippen LogP contribution in [0.15, 0.2) is 36.4 Å². The normalized spacial score (nSPS) is 14.3. The fourth-order valence-electron chi connectivity index (χ4n) is 3.23. The molecule has 0 saturated carbocycles. The summed E-state index contributed by atoms with van der Waals surface area (Å²) in [6.45, 7) is 4.60. The van der Waals surface area contributed by atoms with Crippen LogP contribution in [0.5, 0.6) is 5.75 Å². The van der Waals surface area contributed by atoms with Gasteiger partial charge in [-0.3, -0.25) is 9.59 Å². The summed E-state index contributed by atoms with van der Waals surface area (Å²) in [7, 11) is 1.58. The Hall–Kier alpha value is -2.82. The molecule has 2 aromatic carbocycles. The quantitative estimate of drug-likeness (QED) is 0.902. The highest BCUT2D eigenvalue weighted by Crippen LogP contribution is 2.33. The molecule has 0 unspecified atom stereocenters. The Kier molecular flexibility index (Phi) is 5.26. The number of nitrogens with zero attached hydrogens (tertiary/aromatic N) is 1. The van der Waals surface area contributed by atoms with Gasteiger partial charge in [0.25, 0.3) is 5.91 Å². The van der Waals surface area contributed by atoms with Gasteiger partial charge >= 0.3 is 0 Å². The van der Waals surface area contributed by atoms with Crippen LogP contribution in [0.4, 0.5) is 11.4 Å². The number of nitrogens with one attached hydrogen (secondary N) is 1. The number of carbonyl (C=O) groups is 2. The molecule has 136 valence electrons. The maximum Gasteiger partial charge on any atom is 0.255 e. The number of piperidine rings is 1. The minimum Gasteiger partial charge on any atom is -0.495 e. The van der Waals surface area contributed by atoms with E-state index >= 15 is 0 Å². The molecule has 5 nitrogen and oxygen atoms in total. The number of ether oxygens (including phenoxy) is 1. The van der Waals surface area contributed by atoms with Gasteiger partial charge in [-0.05, 0) is 62.1 Å². The molecule has 0 aromatic heterocycles. The van der Waals surface area contributed by atoms with Gasteiger partial charge in [0, 0.05) is 24.2 Å². The summed E-state index contributed by atoms with van der Waals surface area (Å²) < 4.78 is 5.42. The van der Waals surface area contributed by atoms with Crippen molar-refractivity contribution in [3.63, 3.8) is 0 Å². The molecule has 5 heteroatoms. The van der Waals surface area contributed by atoms with Crippen molar-refractivity contribution in [2.45, 2.75) is 33.1 Å². The van der Waals surface area contributed by atoms with Gasteiger partial charge in [0.15, 0.2) is 0 Å². The third kappa shape index (κ3) is 3.57. The van der Waals surface area contributed by atoms with Crippen LogP contribution in [-0.4, -0.2) is 25.5 Å². The number of anilines is 2. The van der Waals surface area contributed by atoms with E-state index < -0.39 is 0 Å². The van der Waals surface area contributed by atoms with Crippen LogP contribution in [0.1, 0.15) is 40.7 Å². The molecule has 0 radical (unpaired) electrons. The molecule has 0 aliphatic carbocycles. The van der Waals surface area contributed by atoms with Gasteiger partial charge in [-0.2, -0.15) is 0 Å². The van der Waals surface area contributed by atoms with E-state index in [1.165, 1.54) is 0 Å². The molecular formula is C21H24N2O3. The van der Waals surface area contributed by atoms with Crippen LogP contribution < -0.4 is 15.0 Å². The Balaban J connectivity index is 1.89. The molecular weight excluding hydrogens is 328 g/mol. The smallest absolute Gasteiger partial charge is 0.255 e. The van der Waals surface area contributed by atoms with Crippen LogP contribution in [0.2, 0.25) is 0 Å². The lowest BCUT2D eigenvalue weighted by Crippen LogP contribution is -2.35. The molecule has 1 fully saturated rings. The van der Waals surface area contributed by atoms with E-state index in [0.717, 1.165) is 24.0 Å². The highest BCUT2D eigenvalue weighted by molar-refractivity contribution is 6.06. The van der Waals surface area contributed by atoms with Crippen LogP contribution in [0.3, 0.4) is 0 Å². The standard InChI is InChI=1S/C21H24N2O3/c1-14-7-6-8-17(15(14)2)21(25)22-16-10-11-19(26-3)18(13-16)23-12-5-4-9-20(23)24/h6-8,10-11,13H,4-5,9,12H2,1-3H3,(H,22,25). The third-order valence-electron chi connectivity index (χ3n) is 4.90. The van der Waals surface area contributed by atoms with Crippen LogP contribution in [-0.2, 0) is 4.79 Å². The number of rotatable bonds is 4. The number of aryl methyl sites for hydroxylation is 1. The second-order valence-corrected chi connectivity index (χ2v) is 6.59. The summed E-state index contributed by atoms with van der Waals surface area (Å²) in [5, 5.41) is 2.94. The van der Waals surface area contributed by atoms with E-state index in [1.807, 2.05) is 38.1 Å². The lowest BCUT2D eigenvalue weighted by molar-refractivity contribution is -0.119. The van der Waals surface area contributed by atoms with Gasteiger partial charge in [-0.25, -0.2) is 0 Å². The molecule has 1 N–H and O–H groups in total. The Morgan fingerprint density at radius 1 is 1.15 bits per heavy atom. The first-order chi connectivity index (χ1) is 12.5. The molecule has 1 aliphatic rings. The van der Waals surface area contributed by atoms with Gasteiger partial charge < -0.3 is 15.0 Å². The minimum absolute atomic E-state index is 0.0903. The van der Waals surface area contributed by atoms with Crippen molar-refractivity contribution in [1.29, 1.82) is 0 Å². The zero-order chi connectivity index (χ0) is 18.7.